The number of aliphatic hydroxyl groups excluding tert-OH is 1. The van der Waals surface area contributed by atoms with Crippen molar-refractivity contribution in [2.45, 2.75) is 13.3 Å². The summed E-state index contributed by atoms with van der Waals surface area (Å²) in [4.78, 5) is 18.2. The zero-order valence-corrected chi connectivity index (χ0v) is 10.6. The summed E-state index contributed by atoms with van der Waals surface area (Å²) in [5, 5.41) is 12.2. The Kier molecular flexibility index (Phi) is 4.15. The molecule has 5 nitrogen and oxygen atoms in total. The average molecular weight is 249 g/mol. The third-order valence-electron chi connectivity index (χ3n) is 3.20. The smallest absolute Gasteiger partial charge is 0.254 e. The van der Waals surface area contributed by atoms with Gasteiger partial charge in [-0.3, -0.25) is 4.79 Å². The fourth-order valence-corrected chi connectivity index (χ4v) is 2.19. The van der Waals surface area contributed by atoms with Crippen molar-refractivity contribution in [3.8, 4) is 0 Å². The van der Waals surface area contributed by atoms with Gasteiger partial charge in [0.2, 0.25) is 0 Å². The number of aromatic nitrogens is 1. The van der Waals surface area contributed by atoms with Crippen LogP contribution in [0.3, 0.4) is 0 Å². The second kappa shape index (κ2) is 5.82. The molecule has 0 saturated carbocycles. The summed E-state index contributed by atoms with van der Waals surface area (Å²) in [6.45, 7) is 4.29. The van der Waals surface area contributed by atoms with E-state index in [0.717, 1.165) is 25.3 Å². The molecule has 2 rings (SSSR count). The van der Waals surface area contributed by atoms with Crippen LogP contribution in [0.25, 0.3) is 0 Å². The van der Waals surface area contributed by atoms with Crippen LogP contribution in [-0.4, -0.2) is 47.1 Å². The summed E-state index contributed by atoms with van der Waals surface area (Å²) < 4.78 is 0. The molecular weight excluding hydrogens is 230 g/mol. The van der Waals surface area contributed by atoms with Gasteiger partial charge in [-0.2, -0.15) is 0 Å². The van der Waals surface area contributed by atoms with Gasteiger partial charge in [-0.05, 0) is 25.5 Å². The number of likely N-dealkylation sites (tertiary alicyclic amines) is 1. The van der Waals surface area contributed by atoms with Crippen LogP contribution in [0.1, 0.15) is 23.7 Å². The van der Waals surface area contributed by atoms with Gasteiger partial charge in [0, 0.05) is 43.9 Å². The molecule has 0 spiro atoms. The first-order valence-electron chi connectivity index (χ1n) is 6.34. The van der Waals surface area contributed by atoms with E-state index in [-0.39, 0.29) is 18.4 Å². The molecule has 1 aliphatic rings. The van der Waals surface area contributed by atoms with Crippen LogP contribution in [0.15, 0.2) is 18.3 Å². The van der Waals surface area contributed by atoms with Gasteiger partial charge in [0.05, 0.1) is 0 Å². The third kappa shape index (κ3) is 2.79. The molecule has 2 N–H and O–H groups in total. The zero-order valence-electron chi connectivity index (χ0n) is 10.6. The summed E-state index contributed by atoms with van der Waals surface area (Å²) >= 11 is 0. The minimum atomic E-state index is 0.0208. The number of nitrogens with one attached hydrogen (secondary N) is 1. The van der Waals surface area contributed by atoms with E-state index < -0.39 is 0 Å². The van der Waals surface area contributed by atoms with Crippen LogP contribution in [0.4, 0.5) is 5.82 Å². The molecule has 1 unspecified atom stereocenters. The molecule has 98 valence electrons. The molecule has 18 heavy (non-hydrogen) atoms. The summed E-state index contributed by atoms with van der Waals surface area (Å²) in [5.41, 5.74) is 0.652. The molecule has 0 aromatic carbocycles. The molecule has 1 aromatic heterocycles. The van der Waals surface area contributed by atoms with Crippen molar-refractivity contribution < 1.29 is 9.90 Å². The fraction of sp³-hybridized carbons (Fsp3) is 0.538. The lowest BCUT2D eigenvalue weighted by molar-refractivity contribution is 0.0782. The molecule has 1 amide bonds. The number of carbonyl (C=O) groups is 1. The number of hydrogen-bond acceptors (Lipinski definition) is 4. The average Bonchev–Trinajstić information content (AvgIpc) is 2.87. The molecule has 1 saturated heterocycles. The van der Waals surface area contributed by atoms with Crippen LogP contribution in [0.2, 0.25) is 0 Å². The lowest BCUT2D eigenvalue weighted by atomic mass is 10.1. The van der Waals surface area contributed by atoms with E-state index in [1.54, 1.807) is 23.2 Å². The Balaban J connectivity index is 2.07. The standard InChI is InChI=1S/C13H19N3O2/c1-2-14-12-7-11(3-5-15-12)13(18)16-6-4-10(8-16)9-17/h3,5,7,10,17H,2,4,6,8-9H2,1H3,(H,14,15). The Bertz CT molecular complexity index is 422. The number of aliphatic hydroxyl groups is 1. The predicted molar refractivity (Wildman–Crippen MR) is 69.5 cm³/mol. The van der Waals surface area contributed by atoms with Gasteiger partial charge in [-0.15, -0.1) is 0 Å². The third-order valence-corrected chi connectivity index (χ3v) is 3.20. The maximum absolute atomic E-state index is 12.3. The molecule has 1 fully saturated rings. The lowest BCUT2D eigenvalue weighted by Gasteiger charge is -2.16. The van der Waals surface area contributed by atoms with Crippen LogP contribution in [0, 0.1) is 5.92 Å². The van der Waals surface area contributed by atoms with E-state index in [9.17, 15) is 4.79 Å². The van der Waals surface area contributed by atoms with Crippen molar-refractivity contribution in [3.05, 3.63) is 23.9 Å². The van der Waals surface area contributed by atoms with Gasteiger partial charge in [0.25, 0.3) is 5.91 Å². The van der Waals surface area contributed by atoms with E-state index in [1.165, 1.54) is 0 Å². The van der Waals surface area contributed by atoms with E-state index in [1.807, 2.05) is 6.92 Å². The molecular formula is C13H19N3O2. The Morgan fingerprint density at radius 1 is 1.67 bits per heavy atom. The normalized spacial score (nSPS) is 19.0. The summed E-state index contributed by atoms with van der Waals surface area (Å²) in [6.07, 6.45) is 2.53. The number of nitrogens with zero attached hydrogens (tertiary/aromatic N) is 2. The highest BCUT2D eigenvalue weighted by molar-refractivity contribution is 5.95. The zero-order chi connectivity index (χ0) is 13.0. The summed E-state index contributed by atoms with van der Waals surface area (Å²) in [6, 6.07) is 3.51. The quantitative estimate of drug-likeness (QED) is 0.834. The highest BCUT2D eigenvalue weighted by Crippen LogP contribution is 2.18. The van der Waals surface area contributed by atoms with Gasteiger partial charge in [0.1, 0.15) is 5.82 Å². The molecule has 0 aliphatic carbocycles. The minimum Gasteiger partial charge on any atom is -0.396 e. The Morgan fingerprint density at radius 3 is 3.17 bits per heavy atom. The number of carbonyl (C=O) groups excluding carboxylic acids is 1. The monoisotopic (exact) mass is 249 g/mol. The van der Waals surface area contributed by atoms with Crippen LogP contribution < -0.4 is 5.32 Å². The molecule has 1 aliphatic heterocycles. The molecule has 0 radical (unpaired) electrons. The van der Waals surface area contributed by atoms with Crippen molar-refractivity contribution in [2.24, 2.45) is 5.92 Å². The number of pyridine rings is 1. The Morgan fingerprint density at radius 2 is 2.50 bits per heavy atom. The van der Waals surface area contributed by atoms with E-state index in [4.69, 9.17) is 5.11 Å². The highest BCUT2D eigenvalue weighted by atomic mass is 16.3. The first-order valence-corrected chi connectivity index (χ1v) is 6.34. The molecule has 5 heteroatoms. The molecule has 1 atom stereocenters. The first-order chi connectivity index (χ1) is 8.74. The van der Waals surface area contributed by atoms with Crippen LogP contribution >= 0.6 is 0 Å². The van der Waals surface area contributed by atoms with Crippen molar-refractivity contribution in [1.29, 1.82) is 0 Å². The van der Waals surface area contributed by atoms with Crippen LogP contribution in [-0.2, 0) is 0 Å². The number of rotatable bonds is 4. The van der Waals surface area contributed by atoms with E-state index in [0.29, 0.717) is 12.1 Å². The topological polar surface area (TPSA) is 65.5 Å². The number of anilines is 1. The SMILES string of the molecule is CCNc1cc(C(=O)N2CCC(CO)C2)ccn1. The minimum absolute atomic E-state index is 0.0208. The summed E-state index contributed by atoms with van der Waals surface area (Å²) in [7, 11) is 0. The maximum Gasteiger partial charge on any atom is 0.254 e. The Hall–Kier alpha value is -1.62. The van der Waals surface area contributed by atoms with Gasteiger partial charge in [-0.25, -0.2) is 4.98 Å². The predicted octanol–water partition coefficient (Wildman–Crippen LogP) is 0.968. The van der Waals surface area contributed by atoms with Crippen molar-refractivity contribution in [2.75, 3.05) is 31.6 Å². The second-order valence-corrected chi connectivity index (χ2v) is 4.55. The first kappa shape index (κ1) is 12.8. The van der Waals surface area contributed by atoms with Gasteiger partial charge >= 0.3 is 0 Å². The maximum atomic E-state index is 12.3. The Labute approximate surface area is 107 Å². The van der Waals surface area contributed by atoms with Gasteiger partial charge < -0.3 is 15.3 Å². The molecule has 1 aromatic rings. The van der Waals surface area contributed by atoms with Crippen LogP contribution in [0.5, 0.6) is 0 Å². The van der Waals surface area contributed by atoms with E-state index >= 15 is 0 Å². The van der Waals surface area contributed by atoms with Crippen molar-refractivity contribution in [3.63, 3.8) is 0 Å². The van der Waals surface area contributed by atoms with E-state index in [2.05, 4.69) is 10.3 Å². The molecule has 0 bridgehead atoms. The number of hydrogen-bond donors (Lipinski definition) is 2. The second-order valence-electron chi connectivity index (χ2n) is 4.55. The molecule has 2 heterocycles. The van der Waals surface area contributed by atoms with Gasteiger partial charge in [-0.1, -0.05) is 0 Å². The number of amides is 1. The van der Waals surface area contributed by atoms with Crippen molar-refractivity contribution in [1.82, 2.24) is 9.88 Å². The largest absolute Gasteiger partial charge is 0.396 e. The van der Waals surface area contributed by atoms with Gasteiger partial charge in [0.15, 0.2) is 0 Å². The highest BCUT2D eigenvalue weighted by Gasteiger charge is 2.26. The van der Waals surface area contributed by atoms with Crippen molar-refractivity contribution >= 4 is 11.7 Å². The fourth-order valence-electron chi connectivity index (χ4n) is 2.19. The lowest BCUT2D eigenvalue weighted by Crippen LogP contribution is -2.29. The summed E-state index contributed by atoms with van der Waals surface area (Å²) in [5.74, 6) is 0.970.